The van der Waals surface area contributed by atoms with Crippen LogP contribution in [-0.2, 0) is 21.7 Å². The highest BCUT2D eigenvalue weighted by Crippen LogP contribution is 2.50. The first kappa shape index (κ1) is 37.2. The number of nitrogens with zero attached hydrogens (tertiary/aromatic N) is 3. The Kier molecular flexibility index (Phi) is 8.04. The highest BCUT2D eigenvalue weighted by Gasteiger charge is 2.28. The van der Waals surface area contributed by atoms with Crippen molar-refractivity contribution in [1.82, 2.24) is 9.13 Å². The van der Waals surface area contributed by atoms with Crippen LogP contribution in [0, 0.1) is 6.57 Å². The molecule has 0 aliphatic rings. The summed E-state index contributed by atoms with van der Waals surface area (Å²) >= 11 is 1.80. The zero-order valence-corrected chi connectivity index (χ0v) is 36.4. The van der Waals surface area contributed by atoms with Gasteiger partial charge in [-0.3, -0.25) is 0 Å². The van der Waals surface area contributed by atoms with Crippen LogP contribution in [0.25, 0.3) is 80.0 Å². The zero-order valence-electron chi connectivity index (χ0n) is 35.6. The van der Waals surface area contributed by atoms with Crippen molar-refractivity contribution >= 4 is 80.8 Å². The van der Waals surface area contributed by atoms with E-state index in [4.69, 9.17) is 6.57 Å². The summed E-state index contributed by atoms with van der Waals surface area (Å²) in [6.07, 6.45) is 0. The number of rotatable bonds is 2. The van der Waals surface area contributed by atoms with Crippen LogP contribution in [0.4, 0.5) is 5.69 Å². The molecule has 0 aliphatic heterocycles. The Morgan fingerprint density at radius 3 is 1.21 bits per heavy atom. The van der Waals surface area contributed by atoms with Crippen LogP contribution in [0.1, 0.15) is 105 Å². The molecule has 0 spiro atoms. The molecule has 57 heavy (non-hydrogen) atoms. The van der Waals surface area contributed by atoms with Gasteiger partial charge in [0, 0.05) is 41.7 Å². The Morgan fingerprint density at radius 2 is 0.825 bits per heavy atom. The summed E-state index contributed by atoms with van der Waals surface area (Å²) < 4.78 is 7.16. The standard InChI is InChI=1S/C53H53N3S/c1-50(2,3)31-18-22-41-36(26-31)37-27-32(51(4,5)6)19-23-42(37)55(41)45-30-40-35-16-14-15-17-46(35)57-49(40)48(47(45)54-13)56-43-24-20-33(52(7,8)9)28-38(43)39-29-34(53(10,11)12)21-25-44(39)56/h14-30H,1-12H3. The van der Waals surface area contributed by atoms with Crippen LogP contribution in [0.5, 0.6) is 0 Å². The Balaban J connectivity index is 1.49. The van der Waals surface area contributed by atoms with E-state index in [1.54, 1.807) is 11.3 Å². The van der Waals surface area contributed by atoms with Crippen LogP contribution in [-0.4, -0.2) is 9.13 Å². The molecule has 0 aliphatic carbocycles. The lowest BCUT2D eigenvalue weighted by Crippen LogP contribution is -2.10. The van der Waals surface area contributed by atoms with Crippen molar-refractivity contribution in [3.63, 3.8) is 0 Å². The fraction of sp³-hybridized carbons (Fsp3) is 0.302. The second kappa shape index (κ2) is 12.3. The smallest absolute Gasteiger partial charge is 0.235 e. The quantitative estimate of drug-likeness (QED) is 0.156. The second-order valence-corrected chi connectivity index (χ2v) is 21.3. The maximum atomic E-state index is 9.14. The minimum absolute atomic E-state index is 0.0101. The topological polar surface area (TPSA) is 14.2 Å². The lowest BCUT2D eigenvalue weighted by molar-refractivity contribution is 0.590. The van der Waals surface area contributed by atoms with Gasteiger partial charge >= 0.3 is 0 Å². The summed E-state index contributed by atoms with van der Waals surface area (Å²) in [4.78, 5) is 4.57. The van der Waals surface area contributed by atoms with Crippen molar-refractivity contribution in [1.29, 1.82) is 0 Å². The molecule has 3 aromatic heterocycles. The summed E-state index contributed by atoms with van der Waals surface area (Å²) in [7, 11) is 0. The maximum absolute atomic E-state index is 9.14. The van der Waals surface area contributed by atoms with E-state index < -0.39 is 0 Å². The number of hydrogen-bond donors (Lipinski definition) is 0. The van der Waals surface area contributed by atoms with E-state index in [2.05, 4.69) is 200 Å². The fourth-order valence-electron chi connectivity index (χ4n) is 8.72. The van der Waals surface area contributed by atoms with E-state index in [0.717, 1.165) is 38.1 Å². The molecule has 0 bridgehead atoms. The van der Waals surface area contributed by atoms with Gasteiger partial charge < -0.3 is 9.13 Å². The largest absolute Gasteiger partial charge is 0.319 e. The van der Waals surface area contributed by atoms with Gasteiger partial charge in [-0.2, -0.15) is 0 Å². The van der Waals surface area contributed by atoms with Gasteiger partial charge in [-0.05, 0) is 105 Å². The molecule has 0 unspecified atom stereocenters. The van der Waals surface area contributed by atoms with Crippen molar-refractivity contribution in [2.75, 3.05) is 0 Å². The van der Waals surface area contributed by atoms with Gasteiger partial charge in [-0.25, -0.2) is 4.85 Å². The summed E-state index contributed by atoms with van der Waals surface area (Å²) in [6.45, 7) is 36.6. The van der Waals surface area contributed by atoms with Gasteiger partial charge in [-0.15, -0.1) is 11.3 Å². The molecular weight excluding hydrogens is 711 g/mol. The molecule has 6 aromatic carbocycles. The molecule has 0 amide bonds. The van der Waals surface area contributed by atoms with Gasteiger partial charge in [0.2, 0.25) is 5.69 Å². The molecule has 3 nitrogen and oxygen atoms in total. The van der Waals surface area contributed by atoms with Crippen molar-refractivity contribution in [2.45, 2.75) is 105 Å². The number of benzene rings is 6. The molecule has 9 aromatic rings. The summed E-state index contributed by atoms with van der Waals surface area (Å²) in [5.41, 5.74) is 12.2. The van der Waals surface area contributed by atoms with Crippen molar-refractivity contribution in [2.24, 2.45) is 0 Å². The molecule has 3 heterocycles. The number of hydrogen-bond acceptors (Lipinski definition) is 1. The predicted molar refractivity (Wildman–Crippen MR) is 249 cm³/mol. The molecule has 0 saturated carbocycles. The van der Waals surface area contributed by atoms with Crippen LogP contribution >= 0.6 is 11.3 Å². The number of aromatic nitrogens is 2. The van der Waals surface area contributed by atoms with Crippen LogP contribution in [0.3, 0.4) is 0 Å². The van der Waals surface area contributed by atoms with E-state index >= 15 is 0 Å². The number of fused-ring (bicyclic) bond motifs is 9. The van der Waals surface area contributed by atoms with Crippen molar-refractivity contribution < 1.29 is 0 Å². The Morgan fingerprint density at radius 1 is 0.439 bits per heavy atom. The average Bonchev–Trinajstić information content (AvgIpc) is 3.79. The van der Waals surface area contributed by atoms with Crippen LogP contribution in [0.15, 0.2) is 103 Å². The SMILES string of the molecule is [C-]#[N+]c1c(-n2c3ccc(C(C)(C)C)cc3c3cc(C(C)(C)C)ccc32)cc2c(sc3ccccc32)c1-n1c2ccc(C(C)(C)C)cc2c2cc(C(C)(C)C)ccc21. The van der Waals surface area contributed by atoms with Crippen LogP contribution in [0.2, 0.25) is 0 Å². The van der Waals surface area contributed by atoms with E-state index in [1.807, 2.05) is 0 Å². The van der Waals surface area contributed by atoms with E-state index in [0.29, 0.717) is 5.69 Å². The minimum Gasteiger partial charge on any atom is -0.319 e. The third-order valence-corrected chi connectivity index (χ3v) is 13.4. The summed E-state index contributed by atoms with van der Waals surface area (Å²) in [5.74, 6) is 0. The molecule has 0 radical (unpaired) electrons. The van der Waals surface area contributed by atoms with Crippen LogP contribution < -0.4 is 0 Å². The Bertz CT molecular complexity index is 3020. The Hall–Kier alpha value is -5.37. The van der Waals surface area contributed by atoms with Gasteiger partial charge in [0.15, 0.2) is 0 Å². The maximum Gasteiger partial charge on any atom is 0.235 e. The summed E-state index contributed by atoms with van der Waals surface area (Å²) in [5, 5.41) is 7.28. The minimum atomic E-state index is -0.0131. The van der Waals surface area contributed by atoms with Gasteiger partial charge in [-0.1, -0.05) is 126 Å². The third kappa shape index (κ3) is 5.80. The molecule has 0 saturated heterocycles. The first-order valence-corrected chi connectivity index (χ1v) is 21.1. The normalized spacial score (nSPS) is 13.2. The molecule has 286 valence electrons. The van der Waals surface area contributed by atoms with Gasteiger partial charge in [0.1, 0.15) is 0 Å². The van der Waals surface area contributed by atoms with E-state index in [9.17, 15) is 0 Å². The van der Waals surface area contributed by atoms with Gasteiger partial charge in [0.25, 0.3) is 0 Å². The second-order valence-electron chi connectivity index (χ2n) is 20.3. The van der Waals surface area contributed by atoms with Crippen molar-refractivity contribution in [3.8, 4) is 11.4 Å². The average molecular weight is 764 g/mol. The molecule has 9 rings (SSSR count). The molecular formula is C53H53N3S. The van der Waals surface area contributed by atoms with E-state index in [-0.39, 0.29) is 21.7 Å². The first-order chi connectivity index (χ1) is 26.8. The first-order valence-electron chi connectivity index (χ1n) is 20.3. The lowest BCUT2D eigenvalue weighted by atomic mass is 9.85. The molecule has 0 atom stereocenters. The Labute approximate surface area is 341 Å². The highest BCUT2D eigenvalue weighted by atomic mass is 32.1. The van der Waals surface area contributed by atoms with Crippen molar-refractivity contribution in [3.05, 3.63) is 137 Å². The van der Waals surface area contributed by atoms with E-state index in [1.165, 1.54) is 59.3 Å². The molecule has 4 heteroatoms. The molecule has 0 N–H and O–H groups in total. The monoisotopic (exact) mass is 763 g/mol. The highest BCUT2D eigenvalue weighted by molar-refractivity contribution is 7.26. The number of thiophene rings is 1. The summed E-state index contributed by atoms with van der Waals surface area (Å²) in [6, 6.07) is 39.0. The fourth-order valence-corrected chi connectivity index (χ4v) is 9.94. The molecule has 0 fully saturated rings. The third-order valence-electron chi connectivity index (χ3n) is 12.2. The predicted octanol–water partition coefficient (Wildman–Crippen LogP) is 16.0. The van der Waals surface area contributed by atoms with Gasteiger partial charge in [0.05, 0.1) is 40.0 Å². The zero-order chi connectivity index (χ0) is 40.6. The lowest BCUT2D eigenvalue weighted by Gasteiger charge is -2.21.